The minimum atomic E-state index is 0.00824. The normalized spacial score (nSPS) is 17.1. The van der Waals surface area contributed by atoms with Crippen LogP contribution in [-0.4, -0.2) is 34.4 Å². The van der Waals surface area contributed by atoms with Gasteiger partial charge in [-0.25, -0.2) is 4.98 Å². The number of amides is 1. The molecule has 2 atom stereocenters. The number of benzene rings is 2. The highest BCUT2D eigenvalue weighted by atomic mass is 32.1. The zero-order chi connectivity index (χ0) is 22.1. The van der Waals surface area contributed by atoms with Crippen molar-refractivity contribution in [3.8, 4) is 11.3 Å². The number of nitrogens with zero attached hydrogens (tertiary/aromatic N) is 3. The molecule has 0 bridgehead atoms. The van der Waals surface area contributed by atoms with Gasteiger partial charge in [-0.2, -0.15) is 0 Å². The van der Waals surface area contributed by atoms with Gasteiger partial charge in [0, 0.05) is 29.9 Å². The quantitative estimate of drug-likeness (QED) is 0.436. The molecule has 0 radical (unpaired) electrons. The van der Waals surface area contributed by atoms with Gasteiger partial charge in [0.25, 0.3) is 5.91 Å². The molecular formula is C26H26N4OS. The first-order valence-electron chi connectivity index (χ1n) is 11.0. The summed E-state index contributed by atoms with van der Waals surface area (Å²) in [5.41, 5.74) is 4.74. The first kappa shape index (κ1) is 20.8. The van der Waals surface area contributed by atoms with E-state index in [0.29, 0.717) is 0 Å². The summed E-state index contributed by atoms with van der Waals surface area (Å²) in [4.78, 5) is 25.1. The number of rotatable bonds is 5. The van der Waals surface area contributed by atoms with Gasteiger partial charge in [-0.15, -0.1) is 11.3 Å². The molecule has 1 aliphatic heterocycles. The standard InChI is InChI=1S/C26H26N4OS/c1-17(27-2)19-10-6-11-20(16-19)26(31)30-15-7-12-21(30)25-29-24-22(32-25)13-14-28-23(24)18-8-4-3-5-9-18/h3-6,8-11,13-14,16-17,21,27H,7,12,15H2,1-2H3/t17?,21-/m0/s1. The fourth-order valence-electron chi connectivity index (χ4n) is 4.36. The summed E-state index contributed by atoms with van der Waals surface area (Å²) in [5, 5.41) is 4.24. The fraction of sp³-hybridized carbons (Fsp3) is 0.269. The lowest BCUT2D eigenvalue weighted by molar-refractivity contribution is 0.0735. The van der Waals surface area contributed by atoms with Crippen LogP contribution in [0, 0.1) is 0 Å². The number of hydrogen-bond donors (Lipinski definition) is 1. The van der Waals surface area contributed by atoms with Crippen molar-refractivity contribution in [2.24, 2.45) is 0 Å². The SMILES string of the molecule is CNC(C)c1cccc(C(=O)N2CCC[C@H]2c2nc3c(-c4ccccc4)nccc3s2)c1. The lowest BCUT2D eigenvalue weighted by Gasteiger charge is -2.23. The summed E-state index contributed by atoms with van der Waals surface area (Å²) in [5.74, 6) is 0.0818. The molecule has 0 saturated carbocycles. The molecule has 3 heterocycles. The van der Waals surface area contributed by atoms with Gasteiger partial charge in [-0.3, -0.25) is 9.78 Å². The Kier molecular flexibility index (Phi) is 5.72. The van der Waals surface area contributed by atoms with Gasteiger partial charge in [-0.05, 0) is 50.6 Å². The van der Waals surface area contributed by atoms with Gasteiger partial charge in [0.2, 0.25) is 0 Å². The van der Waals surface area contributed by atoms with Crippen molar-refractivity contribution in [3.05, 3.63) is 83.0 Å². The molecule has 162 valence electrons. The van der Waals surface area contributed by atoms with Crippen molar-refractivity contribution in [2.75, 3.05) is 13.6 Å². The van der Waals surface area contributed by atoms with E-state index in [9.17, 15) is 4.79 Å². The van der Waals surface area contributed by atoms with Gasteiger partial charge in [0.05, 0.1) is 16.4 Å². The highest BCUT2D eigenvalue weighted by Crippen LogP contribution is 2.39. The molecule has 1 amide bonds. The number of carbonyl (C=O) groups is 1. The number of fused-ring (bicyclic) bond motifs is 1. The highest BCUT2D eigenvalue weighted by Gasteiger charge is 2.33. The van der Waals surface area contributed by atoms with Crippen LogP contribution in [0.15, 0.2) is 66.9 Å². The number of thiazole rings is 1. The number of hydrogen-bond acceptors (Lipinski definition) is 5. The van der Waals surface area contributed by atoms with Crippen LogP contribution in [-0.2, 0) is 0 Å². The van der Waals surface area contributed by atoms with E-state index in [2.05, 4.69) is 35.4 Å². The van der Waals surface area contributed by atoms with Gasteiger partial charge >= 0.3 is 0 Å². The van der Waals surface area contributed by atoms with E-state index in [4.69, 9.17) is 4.98 Å². The van der Waals surface area contributed by atoms with Crippen molar-refractivity contribution in [1.29, 1.82) is 0 Å². The molecular weight excluding hydrogens is 416 g/mol. The Balaban J connectivity index is 1.48. The van der Waals surface area contributed by atoms with Crippen LogP contribution in [0.25, 0.3) is 21.5 Å². The molecule has 1 N–H and O–H groups in total. The second-order valence-electron chi connectivity index (χ2n) is 8.22. The van der Waals surface area contributed by atoms with E-state index >= 15 is 0 Å². The van der Waals surface area contributed by atoms with Crippen LogP contribution in [0.2, 0.25) is 0 Å². The van der Waals surface area contributed by atoms with Crippen LogP contribution in [0.1, 0.15) is 52.8 Å². The summed E-state index contributed by atoms with van der Waals surface area (Å²) >= 11 is 1.68. The summed E-state index contributed by atoms with van der Waals surface area (Å²) in [7, 11) is 1.93. The van der Waals surface area contributed by atoms with Crippen molar-refractivity contribution in [2.45, 2.75) is 31.8 Å². The summed E-state index contributed by atoms with van der Waals surface area (Å²) in [6.45, 7) is 2.86. The number of aromatic nitrogens is 2. The minimum Gasteiger partial charge on any atom is -0.329 e. The Morgan fingerprint density at radius 3 is 2.81 bits per heavy atom. The molecule has 1 fully saturated rings. The average molecular weight is 443 g/mol. The third-order valence-corrected chi connectivity index (χ3v) is 7.36. The molecule has 6 heteroatoms. The first-order valence-corrected chi connectivity index (χ1v) is 11.9. The second-order valence-corrected chi connectivity index (χ2v) is 9.28. The molecule has 2 aromatic carbocycles. The van der Waals surface area contributed by atoms with E-state index in [0.717, 1.165) is 57.0 Å². The number of pyridine rings is 1. The largest absolute Gasteiger partial charge is 0.329 e. The molecule has 32 heavy (non-hydrogen) atoms. The Hall–Kier alpha value is -3.09. The Morgan fingerprint density at radius 1 is 1.16 bits per heavy atom. The van der Waals surface area contributed by atoms with Crippen LogP contribution < -0.4 is 5.32 Å². The van der Waals surface area contributed by atoms with Gasteiger partial charge < -0.3 is 10.2 Å². The van der Waals surface area contributed by atoms with E-state index in [1.807, 2.05) is 60.6 Å². The number of nitrogens with one attached hydrogen (secondary N) is 1. The lowest BCUT2D eigenvalue weighted by Crippen LogP contribution is -2.30. The summed E-state index contributed by atoms with van der Waals surface area (Å²) in [6, 6.07) is 20.3. The zero-order valence-electron chi connectivity index (χ0n) is 18.3. The van der Waals surface area contributed by atoms with E-state index in [1.165, 1.54) is 0 Å². The van der Waals surface area contributed by atoms with Gasteiger partial charge in [-0.1, -0.05) is 42.5 Å². The molecule has 1 saturated heterocycles. The van der Waals surface area contributed by atoms with Crippen LogP contribution >= 0.6 is 11.3 Å². The smallest absolute Gasteiger partial charge is 0.254 e. The first-order chi connectivity index (χ1) is 15.7. The molecule has 4 aromatic rings. The molecule has 5 rings (SSSR count). The maximum Gasteiger partial charge on any atom is 0.254 e. The topological polar surface area (TPSA) is 58.1 Å². The third kappa shape index (κ3) is 3.80. The molecule has 0 aliphatic carbocycles. The maximum absolute atomic E-state index is 13.5. The monoisotopic (exact) mass is 442 g/mol. The minimum absolute atomic E-state index is 0.00824. The fourth-order valence-corrected chi connectivity index (χ4v) is 5.47. The molecule has 1 aliphatic rings. The van der Waals surface area contributed by atoms with Crippen LogP contribution in [0.4, 0.5) is 0 Å². The Bertz CT molecular complexity index is 1250. The van der Waals surface area contributed by atoms with Crippen molar-refractivity contribution in [3.63, 3.8) is 0 Å². The summed E-state index contributed by atoms with van der Waals surface area (Å²) < 4.78 is 1.11. The number of carbonyl (C=O) groups excluding carboxylic acids is 1. The Morgan fingerprint density at radius 2 is 2.00 bits per heavy atom. The maximum atomic E-state index is 13.5. The third-order valence-electron chi connectivity index (χ3n) is 6.24. The number of likely N-dealkylation sites (tertiary alicyclic amines) is 1. The highest BCUT2D eigenvalue weighted by molar-refractivity contribution is 7.18. The predicted molar refractivity (Wildman–Crippen MR) is 130 cm³/mol. The molecule has 0 spiro atoms. The van der Waals surface area contributed by atoms with Crippen LogP contribution in [0.3, 0.4) is 0 Å². The van der Waals surface area contributed by atoms with E-state index in [-0.39, 0.29) is 18.0 Å². The van der Waals surface area contributed by atoms with Gasteiger partial charge in [0.1, 0.15) is 10.5 Å². The molecule has 5 nitrogen and oxygen atoms in total. The lowest BCUT2D eigenvalue weighted by atomic mass is 10.0. The average Bonchev–Trinajstić information content (AvgIpc) is 3.50. The van der Waals surface area contributed by atoms with Crippen molar-refractivity contribution < 1.29 is 4.79 Å². The second kappa shape index (κ2) is 8.81. The van der Waals surface area contributed by atoms with Crippen molar-refractivity contribution in [1.82, 2.24) is 20.2 Å². The summed E-state index contributed by atoms with van der Waals surface area (Å²) in [6.07, 6.45) is 3.77. The zero-order valence-corrected chi connectivity index (χ0v) is 19.1. The van der Waals surface area contributed by atoms with Gasteiger partial charge in [0.15, 0.2) is 0 Å². The van der Waals surface area contributed by atoms with Crippen molar-refractivity contribution >= 4 is 27.5 Å². The van der Waals surface area contributed by atoms with Crippen LogP contribution in [0.5, 0.6) is 0 Å². The Labute approximate surface area is 192 Å². The molecule has 1 unspecified atom stereocenters. The van der Waals surface area contributed by atoms with E-state index in [1.54, 1.807) is 11.3 Å². The predicted octanol–water partition coefficient (Wildman–Crippen LogP) is 5.62. The molecule has 2 aromatic heterocycles. The van der Waals surface area contributed by atoms with E-state index < -0.39 is 0 Å².